The summed E-state index contributed by atoms with van der Waals surface area (Å²) in [6.07, 6.45) is -0.496. The number of nitrogens with one attached hydrogen (secondary N) is 1. The highest BCUT2D eigenvalue weighted by Gasteiger charge is 2.16. The molecule has 0 spiro atoms. The molecule has 24 heavy (non-hydrogen) atoms. The molecule has 0 aliphatic rings. The zero-order chi connectivity index (χ0) is 17.6. The zero-order valence-electron chi connectivity index (χ0n) is 14.0. The Hall–Kier alpha value is -3.00. The van der Waals surface area contributed by atoms with Crippen molar-refractivity contribution >= 4 is 11.8 Å². The first-order chi connectivity index (χ1) is 11.4. The van der Waals surface area contributed by atoms with Crippen molar-refractivity contribution in [1.82, 2.24) is 0 Å². The van der Waals surface area contributed by atoms with Gasteiger partial charge < -0.3 is 9.47 Å². The lowest BCUT2D eigenvalue weighted by Crippen LogP contribution is -2.27. The molecular formula is C19H20N2O3. The Morgan fingerprint density at radius 2 is 1.88 bits per heavy atom. The first kappa shape index (κ1) is 17.4. The fourth-order valence-corrected chi connectivity index (χ4v) is 1.95. The Morgan fingerprint density at radius 3 is 2.50 bits per heavy atom. The molecule has 0 radical (unpaired) electrons. The summed E-state index contributed by atoms with van der Waals surface area (Å²) in [4.78, 5) is 11.7. The highest BCUT2D eigenvalue weighted by Crippen LogP contribution is 2.18. The van der Waals surface area contributed by atoms with Gasteiger partial charge in [-0.15, -0.1) is 0 Å². The molecular weight excluding hydrogens is 304 g/mol. The highest BCUT2D eigenvalue weighted by molar-refractivity contribution is 5.84. The molecule has 0 aliphatic carbocycles. The van der Waals surface area contributed by atoms with Crippen LogP contribution in [0.5, 0.6) is 5.75 Å². The van der Waals surface area contributed by atoms with Crippen LogP contribution in [-0.2, 0) is 11.3 Å². The normalized spacial score (nSPS) is 10.6. The maximum Gasteiger partial charge on any atom is 0.412 e. The van der Waals surface area contributed by atoms with Crippen LogP contribution in [-0.4, -0.2) is 11.7 Å². The number of benzene rings is 2. The molecule has 2 rings (SSSR count). The average Bonchev–Trinajstić information content (AvgIpc) is 2.52. The summed E-state index contributed by atoms with van der Waals surface area (Å²) in [6, 6.07) is 16.4. The van der Waals surface area contributed by atoms with Crippen LogP contribution in [0.3, 0.4) is 0 Å². The largest absolute Gasteiger partial charge is 0.489 e. The van der Waals surface area contributed by atoms with Gasteiger partial charge in [-0.3, -0.25) is 5.32 Å². The standard InChI is InChI=1S/C19H20N2O3/c1-19(2,3)24-18(22)21-16-7-9-17(10-8-16)23-13-15-6-4-5-14(11-15)12-20/h4-11H,13H2,1-3H3,(H,21,22). The molecule has 1 amide bonds. The molecule has 5 nitrogen and oxygen atoms in total. The van der Waals surface area contributed by atoms with Crippen molar-refractivity contribution in [2.75, 3.05) is 5.32 Å². The minimum atomic E-state index is -0.537. The lowest BCUT2D eigenvalue weighted by molar-refractivity contribution is 0.0636. The number of nitrogens with zero attached hydrogens (tertiary/aromatic N) is 1. The van der Waals surface area contributed by atoms with Gasteiger partial charge in [0.1, 0.15) is 18.0 Å². The van der Waals surface area contributed by atoms with Crippen molar-refractivity contribution in [2.45, 2.75) is 33.0 Å². The van der Waals surface area contributed by atoms with Crippen LogP contribution in [0.4, 0.5) is 10.5 Å². The number of rotatable bonds is 4. The lowest BCUT2D eigenvalue weighted by atomic mass is 10.1. The van der Waals surface area contributed by atoms with E-state index in [0.717, 1.165) is 5.56 Å². The van der Waals surface area contributed by atoms with Gasteiger partial charge in [0.05, 0.1) is 11.6 Å². The van der Waals surface area contributed by atoms with Crippen molar-refractivity contribution in [3.8, 4) is 11.8 Å². The first-order valence-corrected chi connectivity index (χ1v) is 7.58. The average molecular weight is 324 g/mol. The number of nitriles is 1. The van der Waals surface area contributed by atoms with E-state index in [0.29, 0.717) is 23.6 Å². The Labute approximate surface area is 141 Å². The number of anilines is 1. The van der Waals surface area contributed by atoms with Crippen molar-refractivity contribution in [3.05, 3.63) is 59.7 Å². The summed E-state index contributed by atoms with van der Waals surface area (Å²) < 4.78 is 10.9. The van der Waals surface area contributed by atoms with E-state index in [-0.39, 0.29) is 0 Å². The zero-order valence-corrected chi connectivity index (χ0v) is 14.0. The molecule has 0 fully saturated rings. The summed E-state index contributed by atoms with van der Waals surface area (Å²) in [7, 11) is 0. The van der Waals surface area contributed by atoms with Crippen LogP contribution in [0.15, 0.2) is 48.5 Å². The van der Waals surface area contributed by atoms with Crippen LogP contribution >= 0.6 is 0 Å². The second-order valence-electron chi connectivity index (χ2n) is 6.25. The third kappa shape index (κ3) is 5.65. The SMILES string of the molecule is CC(C)(C)OC(=O)Nc1ccc(OCc2cccc(C#N)c2)cc1. The Balaban J connectivity index is 1.90. The Kier molecular flexibility index (Phi) is 5.43. The van der Waals surface area contributed by atoms with Gasteiger partial charge in [-0.1, -0.05) is 12.1 Å². The molecule has 2 aromatic carbocycles. The Morgan fingerprint density at radius 1 is 1.17 bits per heavy atom. The molecule has 0 aromatic heterocycles. The fraction of sp³-hybridized carbons (Fsp3) is 0.263. The smallest absolute Gasteiger partial charge is 0.412 e. The van der Waals surface area contributed by atoms with Gasteiger partial charge >= 0.3 is 6.09 Å². The summed E-state index contributed by atoms with van der Waals surface area (Å²) in [6.45, 7) is 5.80. The quantitative estimate of drug-likeness (QED) is 0.900. The van der Waals surface area contributed by atoms with E-state index in [2.05, 4.69) is 11.4 Å². The highest BCUT2D eigenvalue weighted by atomic mass is 16.6. The van der Waals surface area contributed by atoms with Crippen LogP contribution in [0.2, 0.25) is 0 Å². The third-order valence-corrected chi connectivity index (χ3v) is 2.96. The molecule has 0 heterocycles. The summed E-state index contributed by atoms with van der Waals surface area (Å²) >= 11 is 0. The van der Waals surface area contributed by atoms with Crippen molar-refractivity contribution < 1.29 is 14.3 Å². The Bertz CT molecular complexity index is 740. The van der Waals surface area contributed by atoms with Gasteiger partial charge in [-0.25, -0.2) is 4.79 Å². The number of carbonyl (C=O) groups is 1. The lowest BCUT2D eigenvalue weighted by Gasteiger charge is -2.19. The van der Waals surface area contributed by atoms with Crippen LogP contribution in [0.1, 0.15) is 31.9 Å². The van der Waals surface area contributed by atoms with Gasteiger partial charge in [-0.05, 0) is 62.7 Å². The van der Waals surface area contributed by atoms with E-state index in [1.807, 2.05) is 32.9 Å². The molecule has 0 atom stereocenters. The summed E-state index contributed by atoms with van der Waals surface area (Å²) in [5.41, 5.74) is 1.62. The minimum Gasteiger partial charge on any atom is -0.489 e. The van der Waals surface area contributed by atoms with E-state index < -0.39 is 11.7 Å². The molecule has 0 bridgehead atoms. The summed E-state index contributed by atoms with van der Waals surface area (Å²) in [5.74, 6) is 0.673. The molecule has 0 unspecified atom stereocenters. The van der Waals surface area contributed by atoms with Crippen LogP contribution in [0, 0.1) is 11.3 Å². The molecule has 2 aromatic rings. The van der Waals surface area contributed by atoms with Gasteiger partial charge in [0.2, 0.25) is 0 Å². The van der Waals surface area contributed by atoms with Crippen molar-refractivity contribution in [3.63, 3.8) is 0 Å². The maximum atomic E-state index is 11.7. The van der Waals surface area contributed by atoms with E-state index in [1.165, 1.54) is 0 Å². The molecule has 0 saturated heterocycles. The van der Waals surface area contributed by atoms with Crippen LogP contribution in [0.25, 0.3) is 0 Å². The molecule has 5 heteroatoms. The van der Waals surface area contributed by atoms with Gasteiger partial charge in [0.25, 0.3) is 0 Å². The molecule has 124 valence electrons. The number of amides is 1. The minimum absolute atomic E-state index is 0.369. The van der Waals surface area contributed by atoms with E-state index in [1.54, 1.807) is 36.4 Å². The fourth-order valence-electron chi connectivity index (χ4n) is 1.95. The van der Waals surface area contributed by atoms with Crippen LogP contribution < -0.4 is 10.1 Å². The summed E-state index contributed by atoms with van der Waals surface area (Å²) in [5, 5.41) is 11.5. The third-order valence-electron chi connectivity index (χ3n) is 2.96. The number of ether oxygens (including phenoxy) is 2. The van der Waals surface area contributed by atoms with E-state index in [4.69, 9.17) is 14.7 Å². The van der Waals surface area contributed by atoms with Crippen molar-refractivity contribution in [1.29, 1.82) is 5.26 Å². The van der Waals surface area contributed by atoms with E-state index >= 15 is 0 Å². The number of hydrogen-bond donors (Lipinski definition) is 1. The second-order valence-corrected chi connectivity index (χ2v) is 6.25. The van der Waals surface area contributed by atoms with Gasteiger partial charge in [0, 0.05) is 5.69 Å². The molecule has 1 N–H and O–H groups in total. The monoisotopic (exact) mass is 324 g/mol. The maximum absolute atomic E-state index is 11.7. The number of hydrogen-bond acceptors (Lipinski definition) is 4. The topological polar surface area (TPSA) is 71.3 Å². The predicted octanol–water partition coefficient (Wildman–Crippen LogP) is 4.48. The van der Waals surface area contributed by atoms with E-state index in [9.17, 15) is 4.79 Å². The molecule has 0 saturated carbocycles. The van der Waals surface area contributed by atoms with Crippen molar-refractivity contribution in [2.24, 2.45) is 0 Å². The number of carbonyl (C=O) groups excluding carboxylic acids is 1. The molecule has 0 aliphatic heterocycles. The van der Waals surface area contributed by atoms with Gasteiger partial charge in [-0.2, -0.15) is 5.26 Å². The first-order valence-electron chi connectivity index (χ1n) is 7.58. The predicted molar refractivity (Wildman–Crippen MR) is 91.8 cm³/mol. The van der Waals surface area contributed by atoms with Gasteiger partial charge in [0.15, 0.2) is 0 Å². The second kappa shape index (κ2) is 7.51.